The van der Waals surface area contributed by atoms with Crippen LogP contribution in [-0.2, 0) is 19.6 Å². The molecule has 7 nitrogen and oxygen atoms in total. The fraction of sp³-hybridized carbons (Fsp3) is 0.259. The number of fused-ring (bicyclic) bond motifs is 3. The summed E-state index contributed by atoms with van der Waals surface area (Å²) in [4.78, 5) is 25.5. The van der Waals surface area contributed by atoms with Gasteiger partial charge < -0.3 is 10.1 Å². The summed E-state index contributed by atoms with van der Waals surface area (Å²) >= 11 is 1.49. The summed E-state index contributed by atoms with van der Waals surface area (Å²) < 4.78 is 33.0. The molecule has 0 fully saturated rings. The molecule has 0 bridgehead atoms. The molecule has 0 saturated carbocycles. The lowest BCUT2D eigenvalue weighted by Gasteiger charge is -2.19. The van der Waals surface area contributed by atoms with Crippen molar-refractivity contribution in [2.75, 3.05) is 18.6 Å². The van der Waals surface area contributed by atoms with Gasteiger partial charge in [0.05, 0.1) is 4.90 Å². The van der Waals surface area contributed by atoms with Gasteiger partial charge >= 0.3 is 6.09 Å². The van der Waals surface area contributed by atoms with Crippen molar-refractivity contribution in [3.8, 4) is 11.1 Å². The Hall–Kier alpha value is -3.30. The zero-order valence-electron chi connectivity index (χ0n) is 20.1. The van der Waals surface area contributed by atoms with E-state index in [2.05, 4.69) is 10.0 Å². The molecule has 0 radical (unpaired) electrons. The van der Waals surface area contributed by atoms with Crippen molar-refractivity contribution in [2.45, 2.75) is 30.2 Å². The van der Waals surface area contributed by atoms with Crippen molar-refractivity contribution in [1.29, 1.82) is 0 Å². The molecule has 3 aromatic carbocycles. The van der Waals surface area contributed by atoms with Gasteiger partial charge in [-0.1, -0.05) is 66.2 Å². The molecule has 1 aliphatic carbocycles. The van der Waals surface area contributed by atoms with E-state index in [1.165, 1.54) is 23.9 Å². The summed E-state index contributed by atoms with van der Waals surface area (Å²) in [5, 5.41) is 2.56. The van der Waals surface area contributed by atoms with Crippen LogP contribution in [0.1, 0.15) is 29.0 Å². The van der Waals surface area contributed by atoms with Crippen LogP contribution in [-0.4, -0.2) is 45.1 Å². The standard InChI is InChI=1S/C27H28N2O5S2/c1-18-11-13-19(14-12-18)36(32,33)29-26(30)25(15-16-35-2)28-27(31)34-17-24-22-9-5-3-7-20(22)21-8-4-6-10-23(21)24/h3-14,24-25H,15-17H2,1-2H3,(H,28,31)(H,29,30)/t25-/m1/s1. The van der Waals surface area contributed by atoms with Gasteiger partial charge in [-0.15, -0.1) is 0 Å². The summed E-state index contributed by atoms with van der Waals surface area (Å²) in [5.41, 5.74) is 5.27. The second kappa shape index (κ2) is 11.2. The van der Waals surface area contributed by atoms with Crippen molar-refractivity contribution in [2.24, 2.45) is 0 Å². The molecule has 1 atom stereocenters. The van der Waals surface area contributed by atoms with Crippen molar-refractivity contribution in [3.05, 3.63) is 89.5 Å². The summed E-state index contributed by atoms with van der Waals surface area (Å²) in [7, 11) is -4.07. The quantitative estimate of drug-likeness (QED) is 0.429. The predicted octanol–water partition coefficient (Wildman–Crippen LogP) is 4.46. The smallest absolute Gasteiger partial charge is 0.407 e. The molecule has 0 unspecified atom stereocenters. The molecule has 36 heavy (non-hydrogen) atoms. The van der Waals surface area contributed by atoms with E-state index < -0.39 is 28.1 Å². The van der Waals surface area contributed by atoms with Crippen LogP contribution in [0.5, 0.6) is 0 Å². The van der Waals surface area contributed by atoms with Gasteiger partial charge in [0.1, 0.15) is 12.6 Å². The lowest BCUT2D eigenvalue weighted by Crippen LogP contribution is -2.49. The third-order valence-electron chi connectivity index (χ3n) is 6.13. The highest BCUT2D eigenvalue weighted by molar-refractivity contribution is 7.98. The fourth-order valence-electron chi connectivity index (χ4n) is 4.27. The van der Waals surface area contributed by atoms with Crippen LogP contribution >= 0.6 is 11.8 Å². The number of nitrogens with one attached hydrogen (secondary N) is 2. The Bertz CT molecular complexity index is 1310. The van der Waals surface area contributed by atoms with E-state index in [4.69, 9.17) is 4.74 Å². The predicted molar refractivity (Wildman–Crippen MR) is 141 cm³/mol. The van der Waals surface area contributed by atoms with Crippen LogP contribution in [0.15, 0.2) is 77.7 Å². The normalized spacial score (nSPS) is 13.4. The maximum atomic E-state index is 12.9. The Morgan fingerprint density at radius 2 is 1.53 bits per heavy atom. The second-order valence-electron chi connectivity index (χ2n) is 8.59. The van der Waals surface area contributed by atoms with Crippen LogP contribution in [0.25, 0.3) is 11.1 Å². The molecule has 3 aromatic rings. The minimum Gasteiger partial charge on any atom is -0.449 e. The molecule has 0 saturated heterocycles. The molecule has 188 valence electrons. The molecule has 0 aliphatic heterocycles. The van der Waals surface area contributed by atoms with Crippen LogP contribution in [0.2, 0.25) is 0 Å². The van der Waals surface area contributed by atoms with Crippen LogP contribution in [0.4, 0.5) is 4.79 Å². The van der Waals surface area contributed by atoms with Crippen LogP contribution in [0, 0.1) is 6.92 Å². The second-order valence-corrected chi connectivity index (χ2v) is 11.3. The van der Waals surface area contributed by atoms with Gasteiger partial charge in [0.25, 0.3) is 15.9 Å². The van der Waals surface area contributed by atoms with Gasteiger partial charge in [-0.25, -0.2) is 17.9 Å². The molecule has 0 heterocycles. The Labute approximate surface area is 215 Å². The topological polar surface area (TPSA) is 102 Å². The van der Waals surface area contributed by atoms with Crippen molar-refractivity contribution in [3.63, 3.8) is 0 Å². The highest BCUT2D eigenvalue weighted by atomic mass is 32.2. The third kappa shape index (κ3) is 5.74. The van der Waals surface area contributed by atoms with Crippen molar-refractivity contribution < 1.29 is 22.7 Å². The number of alkyl carbamates (subject to hydrolysis) is 1. The van der Waals surface area contributed by atoms with Gasteiger partial charge in [0.2, 0.25) is 0 Å². The average Bonchev–Trinajstić information content (AvgIpc) is 3.19. The van der Waals surface area contributed by atoms with Crippen LogP contribution in [0.3, 0.4) is 0 Å². The number of ether oxygens (including phenoxy) is 1. The van der Waals surface area contributed by atoms with E-state index in [1.54, 1.807) is 12.1 Å². The monoisotopic (exact) mass is 524 g/mol. The molecule has 4 rings (SSSR count). The molecule has 0 spiro atoms. The number of hydrogen-bond donors (Lipinski definition) is 2. The summed E-state index contributed by atoms with van der Waals surface area (Å²) in [6.45, 7) is 1.93. The maximum Gasteiger partial charge on any atom is 0.407 e. The van der Waals surface area contributed by atoms with E-state index in [-0.39, 0.29) is 23.8 Å². The molecule has 1 aliphatic rings. The Kier molecular flexibility index (Phi) is 8.01. The van der Waals surface area contributed by atoms with Crippen molar-refractivity contribution in [1.82, 2.24) is 10.0 Å². The summed E-state index contributed by atoms with van der Waals surface area (Å²) in [6, 6.07) is 21.1. The average molecular weight is 525 g/mol. The number of thioether (sulfide) groups is 1. The summed E-state index contributed by atoms with van der Waals surface area (Å²) in [6.07, 6.45) is 1.34. The van der Waals surface area contributed by atoms with E-state index >= 15 is 0 Å². The number of sulfonamides is 1. The zero-order chi connectivity index (χ0) is 25.7. The highest BCUT2D eigenvalue weighted by Crippen LogP contribution is 2.44. The molecule has 2 N–H and O–H groups in total. The molecule has 2 amide bonds. The Morgan fingerprint density at radius 3 is 2.11 bits per heavy atom. The number of carbonyl (C=O) groups excluding carboxylic acids is 2. The maximum absolute atomic E-state index is 12.9. The Morgan fingerprint density at radius 1 is 0.944 bits per heavy atom. The van der Waals surface area contributed by atoms with Gasteiger partial charge in [0.15, 0.2) is 0 Å². The number of carbonyl (C=O) groups is 2. The number of rotatable bonds is 9. The molecular weight excluding hydrogens is 496 g/mol. The molecular formula is C27H28N2O5S2. The van der Waals surface area contributed by atoms with Gasteiger partial charge in [-0.05, 0) is 59.7 Å². The molecule has 0 aromatic heterocycles. The van der Waals surface area contributed by atoms with E-state index in [0.29, 0.717) is 5.75 Å². The van der Waals surface area contributed by atoms with Gasteiger partial charge in [0, 0.05) is 5.92 Å². The summed E-state index contributed by atoms with van der Waals surface area (Å²) in [5.74, 6) is -0.381. The third-order valence-corrected chi connectivity index (χ3v) is 8.14. The lowest BCUT2D eigenvalue weighted by molar-refractivity contribution is -0.121. The lowest BCUT2D eigenvalue weighted by atomic mass is 9.98. The Balaban J connectivity index is 1.42. The van der Waals surface area contributed by atoms with E-state index in [0.717, 1.165) is 27.8 Å². The van der Waals surface area contributed by atoms with E-state index in [9.17, 15) is 18.0 Å². The van der Waals surface area contributed by atoms with Gasteiger partial charge in [-0.2, -0.15) is 11.8 Å². The zero-order valence-corrected chi connectivity index (χ0v) is 21.7. The minimum absolute atomic E-state index is 0.0220. The first-order valence-corrected chi connectivity index (χ1v) is 14.4. The largest absolute Gasteiger partial charge is 0.449 e. The number of benzene rings is 3. The molecule has 9 heteroatoms. The SMILES string of the molecule is CSCC[C@@H](NC(=O)OCC1c2ccccc2-c2ccccc21)C(=O)NS(=O)(=O)c1ccc(C)cc1. The number of amides is 2. The van der Waals surface area contributed by atoms with E-state index in [1.807, 2.05) is 61.7 Å². The highest BCUT2D eigenvalue weighted by Gasteiger charge is 2.30. The van der Waals surface area contributed by atoms with Crippen molar-refractivity contribution >= 4 is 33.8 Å². The minimum atomic E-state index is -4.07. The van der Waals surface area contributed by atoms with Gasteiger partial charge in [-0.3, -0.25) is 4.79 Å². The first-order valence-electron chi connectivity index (χ1n) is 11.5. The fourth-order valence-corrected chi connectivity index (χ4v) is 5.76. The first kappa shape index (κ1) is 25.8. The number of hydrogen-bond acceptors (Lipinski definition) is 6. The first-order chi connectivity index (χ1) is 17.3. The van der Waals surface area contributed by atoms with Crippen LogP contribution < -0.4 is 10.0 Å². The number of aryl methyl sites for hydroxylation is 1.